The van der Waals surface area contributed by atoms with Gasteiger partial charge in [-0.2, -0.15) is 11.3 Å². The lowest BCUT2D eigenvalue weighted by Gasteiger charge is -2.20. The first kappa shape index (κ1) is 13.8. The predicted octanol–water partition coefficient (Wildman–Crippen LogP) is 3.93. The van der Waals surface area contributed by atoms with Crippen molar-refractivity contribution in [3.63, 3.8) is 0 Å². The second kappa shape index (κ2) is 5.17. The minimum absolute atomic E-state index is 0.0790. The molecule has 0 aromatic carbocycles. The van der Waals surface area contributed by atoms with Crippen LogP contribution in [0, 0.1) is 6.92 Å². The Labute approximate surface area is 118 Å². The lowest BCUT2D eigenvalue weighted by atomic mass is 9.95. The van der Waals surface area contributed by atoms with Gasteiger partial charge in [-0.3, -0.25) is 0 Å². The summed E-state index contributed by atoms with van der Waals surface area (Å²) in [6, 6.07) is 2.04. The molecule has 19 heavy (non-hydrogen) atoms. The van der Waals surface area contributed by atoms with Crippen LogP contribution in [0.4, 0.5) is 17.3 Å². The van der Waals surface area contributed by atoms with Crippen LogP contribution in [0.25, 0.3) is 0 Å². The lowest BCUT2D eigenvalue weighted by molar-refractivity contribution is 0.546. The fraction of sp³-hybridized carbons (Fsp3) is 0.429. The first-order chi connectivity index (χ1) is 8.91. The van der Waals surface area contributed by atoms with Crippen LogP contribution in [-0.2, 0) is 5.41 Å². The average Bonchev–Trinajstić information content (AvgIpc) is 2.83. The standard InChI is InChI=1S/C14H20N4S/c1-9-11(15-5)17-13(14(2,3)4)18-12(9)16-10-6-7-19-8-10/h6-8H,1-5H3,(H2,15,16,17,18). The molecule has 2 heterocycles. The molecule has 0 aliphatic carbocycles. The maximum Gasteiger partial charge on any atom is 0.139 e. The normalized spacial score (nSPS) is 11.4. The summed E-state index contributed by atoms with van der Waals surface area (Å²) in [5.74, 6) is 2.57. The second-order valence-electron chi connectivity index (χ2n) is 5.51. The van der Waals surface area contributed by atoms with E-state index in [1.165, 1.54) is 0 Å². The number of nitrogens with zero attached hydrogens (tertiary/aromatic N) is 2. The molecule has 2 rings (SSSR count). The van der Waals surface area contributed by atoms with Crippen molar-refractivity contribution in [2.75, 3.05) is 17.7 Å². The Hall–Kier alpha value is -1.62. The molecule has 0 saturated heterocycles. The molecule has 0 aliphatic rings. The average molecular weight is 276 g/mol. The fourth-order valence-electron chi connectivity index (χ4n) is 1.69. The monoisotopic (exact) mass is 276 g/mol. The van der Waals surface area contributed by atoms with E-state index in [2.05, 4.69) is 46.8 Å². The van der Waals surface area contributed by atoms with Crippen molar-refractivity contribution in [2.24, 2.45) is 0 Å². The van der Waals surface area contributed by atoms with E-state index in [-0.39, 0.29) is 5.41 Å². The van der Waals surface area contributed by atoms with Gasteiger partial charge in [0.05, 0.1) is 5.69 Å². The van der Waals surface area contributed by atoms with Crippen LogP contribution in [0.1, 0.15) is 32.2 Å². The van der Waals surface area contributed by atoms with Crippen LogP contribution >= 0.6 is 11.3 Å². The molecule has 0 unspecified atom stereocenters. The zero-order valence-corrected chi connectivity index (χ0v) is 12.9. The van der Waals surface area contributed by atoms with Gasteiger partial charge in [0.15, 0.2) is 0 Å². The zero-order valence-electron chi connectivity index (χ0n) is 12.0. The van der Waals surface area contributed by atoms with E-state index >= 15 is 0 Å². The number of hydrogen-bond acceptors (Lipinski definition) is 5. The molecular weight excluding hydrogens is 256 g/mol. The van der Waals surface area contributed by atoms with Crippen molar-refractivity contribution >= 4 is 28.7 Å². The largest absolute Gasteiger partial charge is 0.373 e. The Kier molecular flexibility index (Phi) is 3.75. The SMILES string of the molecule is CNc1nc(C(C)(C)C)nc(Nc2ccsc2)c1C. The number of rotatable bonds is 3. The van der Waals surface area contributed by atoms with Crippen LogP contribution in [0.5, 0.6) is 0 Å². The summed E-state index contributed by atoms with van der Waals surface area (Å²) in [6.45, 7) is 8.37. The molecule has 0 saturated carbocycles. The molecule has 0 amide bonds. The smallest absolute Gasteiger partial charge is 0.139 e. The van der Waals surface area contributed by atoms with E-state index < -0.39 is 0 Å². The molecule has 0 bridgehead atoms. The molecule has 5 heteroatoms. The molecule has 102 valence electrons. The highest BCUT2D eigenvalue weighted by molar-refractivity contribution is 7.08. The number of nitrogens with one attached hydrogen (secondary N) is 2. The van der Waals surface area contributed by atoms with Crippen molar-refractivity contribution in [1.29, 1.82) is 0 Å². The highest BCUT2D eigenvalue weighted by Gasteiger charge is 2.20. The molecule has 0 fully saturated rings. The summed E-state index contributed by atoms with van der Waals surface area (Å²) in [6.07, 6.45) is 0. The van der Waals surface area contributed by atoms with Gasteiger partial charge in [0, 0.05) is 23.4 Å². The van der Waals surface area contributed by atoms with Crippen molar-refractivity contribution in [3.05, 3.63) is 28.2 Å². The van der Waals surface area contributed by atoms with E-state index in [0.717, 1.165) is 28.7 Å². The van der Waals surface area contributed by atoms with Crippen LogP contribution in [0.3, 0.4) is 0 Å². The molecule has 0 atom stereocenters. The maximum absolute atomic E-state index is 4.67. The molecule has 2 aromatic rings. The van der Waals surface area contributed by atoms with E-state index in [0.29, 0.717) is 0 Å². The first-order valence-corrected chi connectivity index (χ1v) is 7.22. The van der Waals surface area contributed by atoms with Gasteiger partial charge < -0.3 is 10.6 Å². The Bertz CT molecular complexity index is 556. The summed E-state index contributed by atoms with van der Waals surface area (Å²) in [7, 11) is 1.89. The Morgan fingerprint density at radius 1 is 1.16 bits per heavy atom. The highest BCUT2D eigenvalue weighted by Crippen LogP contribution is 2.28. The van der Waals surface area contributed by atoms with Crippen molar-refractivity contribution in [3.8, 4) is 0 Å². The van der Waals surface area contributed by atoms with Gasteiger partial charge in [0.1, 0.15) is 17.5 Å². The minimum Gasteiger partial charge on any atom is -0.373 e. The Morgan fingerprint density at radius 2 is 1.84 bits per heavy atom. The molecule has 0 radical (unpaired) electrons. The van der Waals surface area contributed by atoms with Gasteiger partial charge in [-0.25, -0.2) is 9.97 Å². The van der Waals surface area contributed by atoms with E-state index in [9.17, 15) is 0 Å². The van der Waals surface area contributed by atoms with Gasteiger partial charge in [0.25, 0.3) is 0 Å². The van der Waals surface area contributed by atoms with E-state index in [1.54, 1.807) is 11.3 Å². The molecular formula is C14H20N4S. The van der Waals surface area contributed by atoms with E-state index in [1.807, 2.05) is 25.4 Å². The number of thiophene rings is 1. The third kappa shape index (κ3) is 3.04. The third-order valence-corrected chi connectivity index (χ3v) is 3.52. The van der Waals surface area contributed by atoms with Gasteiger partial charge in [-0.15, -0.1) is 0 Å². The van der Waals surface area contributed by atoms with Crippen LogP contribution in [0.15, 0.2) is 16.8 Å². The number of aromatic nitrogens is 2. The van der Waals surface area contributed by atoms with Gasteiger partial charge >= 0.3 is 0 Å². The molecule has 2 N–H and O–H groups in total. The second-order valence-corrected chi connectivity index (χ2v) is 6.29. The Balaban J connectivity index is 2.46. The van der Waals surface area contributed by atoms with Crippen LogP contribution < -0.4 is 10.6 Å². The molecule has 0 aliphatic heterocycles. The molecule has 0 spiro atoms. The van der Waals surface area contributed by atoms with Crippen molar-refractivity contribution < 1.29 is 0 Å². The third-order valence-electron chi connectivity index (χ3n) is 2.84. The summed E-state index contributed by atoms with van der Waals surface area (Å²) >= 11 is 1.66. The first-order valence-electron chi connectivity index (χ1n) is 6.28. The zero-order chi connectivity index (χ0) is 14.0. The summed E-state index contributed by atoms with van der Waals surface area (Å²) in [5, 5.41) is 10.6. The topological polar surface area (TPSA) is 49.8 Å². The molecule has 4 nitrogen and oxygen atoms in total. The van der Waals surface area contributed by atoms with Crippen molar-refractivity contribution in [2.45, 2.75) is 33.1 Å². The predicted molar refractivity (Wildman–Crippen MR) is 82.6 cm³/mol. The number of hydrogen-bond donors (Lipinski definition) is 2. The highest BCUT2D eigenvalue weighted by atomic mass is 32.1. The van der Waals surface area contributed by atoms with Gasteiger partial charge in [-0.05, 0) is 18.4 Å². The minimum atomic E-state index is -0.0790. The van der Waals surface area contributed by atoms with Crippen molar-refractivity contribution in [1.82, 2.24) is 9.97 Å². The lowest BCUT2D eigenvalue weighted by Crippen LogP contribution is -2.18. The fourth-order valence-corrected chi connectivity index (χ4v) is 2.28. The summed E-state index contributed by atoms with van der Waals surface area (Å²) in [5.41, 5.74) is 2.01. The summed E-state index contributed by atoms with van der Waals surface area (Å²) < 4.78 is 0. The van der Waals surface area contributed by atoms with Gasteiger partial charge in [0.2, 0.25) is 0 Å². The van der Waals surface area contributed by atoms with E-state index in [4.69, 9.17) is 0 Å². The van der Waals surface area contributed by atoms with Gasteiger partial charge in [-0.1, -0.05) is 20.8 Å². The molecule has 2 aromatic heterocycles. The quantitative estimate of drug-likeness (QED) is 0.892. The Morgan fingerprint density at radius 3 is 2.37 bits per heavy atom. The summed E-state index contributed by atoms with van der Waals surface area (Å²) in [4.78, 5) is 9.26. The van der Waals surface area contributed by atoms with Crippen LogP contribution in [-0.4, -0.2) is 17.0 Å². The van der Waals surface area contributed by atoms with Crippen LogP contribution in [0.2, 0.25) is 0 Å². The maximum atomic E-state index is 4.67. The number of anilines is 3.